The van der Waals surface area contributed by atoms with Crippen molar-refractivity contribution in [1.29, 1.82) is 0 Å². The Morgan fingerprint density at radius 2 is 1.84 bits per heavy atom. The number of amidine groups is 1. The Labute approximate surface area is 260 Å². The van der Waals surface area contributed by atoms with Crippen LogP contribution in [0.1, 0.15) is 46.1 Å². The Balaban J connectivity index is 1.31. The smallest absolute Gasteiger partial charge is 0.324 e. The number of nitrogens with one attached hydrogen (secondary N) is 4. The molecule has 10 heteroatoms. The molecular weight excluding hydrogens is 552 g/mol. The number of aromatic nitrogens is 1. The van der Waals surface area contributed by atoms with Gasteiger partial charge < -0.3 is 25.8 Å². The number of rotatable bonds is 11. The molecule has 1 aromatic carbocycles. The SMILES string of the molecule is CCC(C)=CN=C1NC(c2ccc(NC(=O)Nc3cc(N4CC(NC(=O)/C=C/CN(C)C)C4)ccn3)cc2)=C/C1=C(/C)CC. The largest absolute Gasteiger partial charge is 0.367 e. The number of nitrogens with zero attached hydrogens (tertiary/aromatic N) is 4. The van der Waals surface area contributed by atoms with Crippen LogP contribution in [0.4, 0.5) is 22.0 Å². The fourth-order valence-corrected chi connectivity index (χ4v) is 4.58. The molecule has 0 aliphatic carbocycles. The highest BCUT2D eigenvalue weighted by Crippen LogP contribution is 2.26. The zero-order valence-electron chi connectivity index (χ0n) is 26.6. The minimum Gasteiger partial charge on any atom is -0.367 e. The number of carbonyl (C=O) groups excluding carboxylic acids is 2. The van der Waals surface area contributed by atoms with Crippen molar-refractivity contribution in [2.24, 2.45) is 4.99 Å². The Bertz CT molecular complexity index is 1500. The molecule has 0 spiro atoms. The van der Waals surface area contributed by atoms with Crippen LogP contribution in [0.15, 0.2) is 88.7 Å². The molecule has 1 fully saturated rings. The van der Waals surface area contributed by atoms with Gasteiger partial charge in [0.05, 0.1) is 6.04 Å². The van der Waals surface area contributed by atoms with Gasteiger partial charge in [0, 0.05) is 66.8 Å². The van der Waals surface area contributed by atoms with E-state index in [9.17, 15) is 9.59 Å². The van der Waals surface area contributed by atoms with Gasteiger partial charge in [0.1, 0.15) is 11.7 Å². The normalized spacial score (nSPS) is 17.4. The highest BCUT2D eigenvalue weighted by Gasteiger charge is 2.28. The van der Waals surface area contributed by atoms with E-state index in [2.05, 4.69) is 64.9 Å². The number of likely N-dealkylation sites (N-methyl/N-ethyl adjacent to an activating group) is 1. The summed E-state index contributed by atoms with van der Waals surface area (Å²) < 4.78 is 0. The number of aliphatic imine (C=N–C) groups is 1. The highest BCUT2D eigenvalue weighted by atomic mass is 16.2. The summed E-state index contributed by atoms with van der Waals surface area (Å²) in [6.07, 6.45) is 11.0. The van der Waals surface area contributed by atoms with Crippen molar-refractivity contribution in [3.05, 3.63) is 89.3 Å². The van der Waals surface area contributed by atoms with Crippen LogP contribution in [0.5, 0.6) is 0 Å². The molecule has 4 rings (SSSR count). The van der Waals surface area contributed by atoms with E-state index in [1.165, 1.54) is 11.1 Å². The molecule has 232 valence electrons. The molecule has 0 saturated carbocycles. The molecule has 1 aromatic heterocycles. The van der Waals surface area contributed by atoms with Gasteiger partial charge in [-0.15, -0.1) is 0 Å². The van der Waals surface area contributed by atoms with E-state index in [1.807, 2.05) is 67.7 Å². The maximum Gasteiger partial charge on any atom is 0.324 e. The lowest BCUT2D eigenvalue weighted by atomic mass is 10.1. The Morgan fingerprint density at radius 1 is 1.09 bits per heavy atom. The van der Waals surface area contributed by atoms with Crippen molar-refractivity contribution in [3.8, 4) is 0 Å². The van der Waals surface area contributed by atoms with E-state index in [-0.39, 0.29) is 18.0 Å². The van der Waals surface area contributed by atoms with Crippen molar-refractivity contribution in [1.82, 2.24) is 20.5 Å². The summed E-state index contributed by atoms with van der Waals surface area (Å²) in [5, 5.41) is 12.2. The summed E-state index contributed by atoms with van der Waals surface area (Å²) in [5.74, 6) is 1.21. The van der Waals surface area contributed by atoms with E-state index < -0.39 is 0 Å². The first-order valence-corrected chi connectivity index (χ1v) is 15.1. The first-order chi connectivity index (χ1) is 21.1. The molecule has 10 nitrogen and oxygen atoms in total. The average Bonchev–Trinajstić information content (AvgIpc) is 3.41. The lowest BCUT2D eigenvalue weighted by Crippen LogP contribution is -2.59. The zero-order valence-corrected chi connectivity index (χ0v) is 26.6. The molecule has 2 aliphatic heterocycles. The van der Waals surface area contributed by atoms with Crippen LogP contribution in [-0.2, 0) is 4.79 Å². The molecule has 0 unspecified atom stereocenters. The van der Waals surface area contributed by atoms with Crippen LogP contribution in [0.2, 0.25) is 0 Å². The monoisotopic (exact) mass is 596 g/mol. The predicted octanol–water partition coefficient (Wildman–Crippen LogP) is 5.53. The van der Waals surface area contributed by atoms with Gasteiger partial charge in [0.25, 0.3) is 0 Å². The van der Waals surface area contributed by atoms with Crippen molar-refractivity contribution >= 4 is 40.7 Å². The number of amides is 3. The summed E-state index contributed by atoms with van der Waals surface area (Å²) in [5.41, 5.74) is 7.17. The summed E-state index contributed by atoms with van der Waals surface area (Å²) >= 11 is 0. The average molecular weight is 597 g/mol. The molecule has 2 aromatic rings. The van der Waals surface area contributed by atoms with E-state index in [1.54, 1.807) is 12.3 Å². The summed E-state index contributed by atoms with van der Waals surface area (Å²) in [7, 11) is 3.91. The molecule has 44 heavy (non-hydrogen) atoms. The van der Waals surface area contributed by atoms with Crippen molar-refractivity contribution < 1.29 is 9.59 Å². The van der Waals surface area contributed by atoms with Gasteiger partial charge in [-0.05, 0) is 70.6 Å². The van der Waals surface area contributed by atoms with Gasteiger partial charge in [-0.2, -0.15) is 0 Å². The fraction of sp³-hybridized carbons (Fsp3) is 0.353. The zero-order chi connectivity index (χ0) is 31.6. The fourth-order valence-electron chi connectivity index (χ4n) is 4.58. The van der Waals surface area contributed by atoms with E-state index in [4.69, 9.17) is 4.99 Å². The number of carbonyl (C=O) groups is 2. The maximum absolute atomic E-state index is 12.8. The van der Waals surface area contributed by atoms with Crippen LogP contribution in [-0.4, -0.2) is 67.4 Å². The lowest BCUT2D eigenvalue weighted by molar-refractivity contribution is -0.117. The Morgan fingerprint density at radius 3 is 2.52 bits per heavy atom. The van der Waals surface area contributed by atoms with Gasteiger partial charge >= 0.3 is 6.03 Å². The third-order valence-electron chi connectivity index (χ3n) is 7.53. The molecule has 0 atom stereocenters. The van der Waals surface area contributed by atoms with Gasteiger partial charge in [0.15, 0.2) is 0 Å². The first kappa shape index (κ1) is 32.2. The number of urea groups is 1. The molecular formula is C34H44N8O2. The molecule has 3 heterocycles. The standard InChI is InChI=1S/C34H44N8O2/c1-7-23(3)20-36-33-29(24(4)8-2)19-30(39-33)25-11-13-26(14-12-25)38-34(44)40-31-18-28(15-16-35-31)42-21-27(22-42)37-32(43)10-9-17-41(5)6/h9-16,18-20,27H,7-8,17,21-22H2,1-6H3,(H,36,39)(H,37,43)(H2,35,38,40,44)/b10-9+,23-20?,29-24+. The van der Waals surface area contributed by atoms with Crippen LogP contribution in [0, 0.1) is 0 Å². The molecule has 3 amide bonds. The maximum atomic E-state index is 12.8. The van der Waals surface area contributed by atoms with Crippen LogP contribution < -0.4 is 26.2 Å². The highest BCUT2D eigenvalue weighted by molar-refractivity contribution is 6.12. The summed E-state index contributed by atoms with van der Waals surface area (Å²) in [6, 6.07) is 11.1. The first-order valence-electron chi connectivity index (χ1n) is 15.1. The third kappa shape index (κ3) is 8.90. The minimum absolute atomic E-state index is 0.0804. The Hall–Kier alpha value is -4.70. The van der Waals surface area contributed by atoms with Gasteiger partial charge in [-0.25, -0.2) is 14.8 Å². The van der Waals surface area contributed by atoms with Crippen molar-refractivity contribution in [3.63, 3.8) is 0 Å². The number of pyridine rings is 1. The second-order valence-corrected chi connectivity index (χ2v) is 11.4. The van der Waals surface area contributed by atoms with Crippen molar-refractivity contribution in [2.45, 2.75) is 46.6 Å². The number of hydrogen-bond donors (Lipinski definition) is 4. The van der Waals surface area contributed by atoms with Crippen LogP contribution in [0.25, 0.3) is 5.70 Å². The van der Waals surface area contributed by atoms with E-state index >= 15 is 0 Å². The lowest BCUT2D eigenvalue weighted by Gasteiger charge is -2.41. The van der Waals surface area contributed by atoms with E-state index in [0.29, 0.717) is 24.6 Å². The van der Waals surface area contributed by atoms with Gasteiger partial charge in [-0.1, -0.05) is 43.2 Å². The Kier molecular flexibility index (Phi) is 11.1. The second kappa shape index (κ2) is 15.2. The molecule has 0 bridgehead atoms. The van der Waals surface area contributed by atoms with Gasteiger partial charge in [0.2, 0.25) is 5.91 Å². The third-order valence-corrected chi connectivity index (χ3v) is 7.53. The van der Waals surface area contributed by atoms with Crippen molar-refractivity contribution in [2.75, 3.05) is 49.3 Å². The number of allylic oxidation sites excluding steroid dienone is 2. The minimum atomic E-state index is -0.379. The molecule has 1 saturated heterocycles. The quantitative estimate of drug-likeness (QED) is 0.254. The summed E-state index contributed by atoms with van der Waals surface area (Å²) in [4.78, 5) is 38.0. The number of anilines is 3. The van der Waals surface area contributed by atoms with E-state index in [0.717, 1.165) is 47.7 Å². The molecule has 2 aliphatic rings. The molecule has 4 N–H and O–H groups in total. The number of hydrogen-bond acceptors (Lipinski definition) is 6. The van der Waals surface area contributed by atoms with Crippen LogP contribution >= 0.6 is 0 Å². The van der Waals surface area contributed by atoms with Crippen LogP contribution in [0.3, 0.4) is 0 Å². The van der Waals surface area contributed by atoms with Gasteiger partial charge in [-0.3, -0.25) is 10.1 Å². The topological polar surface area (TPSA) is 114 Å². The summed E-state index contributed by atoms with van der Waals surface area (Å²) in [6.45, 7) is 10.6. The molecule has 0 radical (unpaired) electrons. The second-order valence-electron chi connectivity index (χ2n) is 11.4. The number of benzene rings is 1. The predicted molar refractivity (Wildman–Crippen MR) is 181 cm³/mol.